The Balaban J connectivity index is 2.08. The molecule has 0 spiro atoms. The highest BCUT2D eigenvalue weighted by Gasteiger charge is 2.27. The highest BCUT2D eigenvalue weighted by Crippen LogP contribution is 2.21. The summed E-state index contributed by atoms with van der Waals surface area (Å²) in [4.78, 5) is 12.3. The molecule has 1 unspecified atom stereocenters. The molecule has 22 heavy (non-hydrogen) atoms. The number of hydrogen-bond donors (Lipinski definition) is 1. The van der Waals surface area contributed by atoms with Gasteiger partial charge in [-0.3, -0.25) is 4.79 Å². The molecule has 1 aromatic rings. The predicted molar refractivity (Wildman–Crippen MR) is 83.2 cm³/mol. The van der Waals surface area contributed by atoms with Gasteiger partial charge in [0.05, 0.1) is 11.5 Å². The summed E-state index contributed by atoms with van der Waals surface area (Å²) in [6.45, 7) is 3.40. The summed E-state index contributed by atoms with van der Waals surface area (Å²) in [5.74, 6) is -0.241. The minimum Gasteiger partial charge on any atom is -0.383 e. The van der Waals surface area contributed by atoms with Crippen LogP contribution in [-0.2, 0) is 14.8 Å². The summed E-state index contributed by atoms with van der Waals surface area (Å²) in [7, 11) is -1.86. The lowest BCUT2D eigenvalue weighted by molar-refractivity contribution is 0.0905. The zero-order valence-corrected chi connectivity index (χ0v) is 13.7. The van der Waals surface area contributed by atoms with Crippen LogP contribution >= 0.6 is 0 Å². The number of rotatable bonds is 6. The fourth-order valence-electron chi connectivity index (χ4n) is 2.45. The van der Waals surface area contributed by atoms with Crippen molar-refractivity contribution < 1.29 is 17.9 Å². The van der Waals surface area contributed by atoms with Crippen LogP contribution in [0.15, 0.2) is 29.2 Å². The Kier molecular flexibility index (Phi) is 5.55. The predicted octanol–water partition coefficient (Wildman–Crippen LogP) is 1.24. The molecule has 1 amide bonds. The van der Waals surface area contributed by atoms with Gasteiger partial charge >= 0.3 is 0 Å². The monoisotopic (exact) mass is 326 g/mol. The van der Waals surface area contributed by atoms with Gasteiger partial charge in [0, 0.05) is 31.8 Å². The van der Waals surface area contributed by atoms with Gasteiger partial charge in [0.2, 0.25) is 10.0 Å². The van der Waals surface area contributed by atoms with Crippen LogP contribution in [0.1, 0.15) is 30.1 Å². The molecule has 1 aliphatic heterocycles. The Labute approximate surface area is 131 Å². The lowest BCUT2D eigenvalue weighted by Gasteiger charge is -2.16. The van der Waals surface area contributed by atoms with E-state index in [9.17, 15) is 13.2 Å². The van der Waals surface area contributed by atoms with Crippen LogP contribution in [0.2, 0.25) is 0 Å². The third-order valence-corrected chi connectivity index (χ3v) is 5.53. The van der Waals surface area contributed by atoms with Crippen molar-refractivity contribution in [2.75, 3.05) is 26.8 Å². The van der Waals surface area contributed by atoms with Crippen molar-refractivity contribution in [1.82, 2.24) is 9.62 Å². The highest BCUT2D eigenvalue weighted by atomic mass is 32.2. The smallest absolute Gasteiger partial charge is 0.251 e. The molecule has 1 aliphatic rings. The molecule has 0 aromatic heterocycles. The molecule has 2 rings (SSSR count). The summed E-state index contributed by atoms with van der Waals surface area (Å²) in [5.41, 5.74) is 0.434. The Morgan fingerprint density at radius 2 is 1.86 bits per heavy atom. The highest BCUT2D eigenvalue weighted by molar-refractivity contribution is 7.89. The van der Waals surface area contributed by atoms with Crippen LogP contribution in [0.5, 0.6) is 0 Å². The van der Waals surface area contributed by atoms with Gasteiger partial charge in [-0.15, -0.1) is 0 Å². The van der Waals surface area contributed by atoms with Crippen molar-refractivity contribution in [2.24, 2.45) is 0 Å². The molecule has 7 heteroatoms. The number of nitrogens with zero attached hydrogens (tertiary/aromatic N) is 1. The average molecular weight is 326 g/mol. The summed E-state index contributed by atoms with van der Waals surface area (Å²) in [6.07, 6.45) is 1.80. The minimum absolute atomic E-state index is 0.106. The quantitative estimate of drug-likeness (QED) is 0.853. The molecule has 1 atom stereocenters. The molecule has 1 N–H and O–H groups in total. The number of methoxy groups -OCH3 is 1. The van der Waals surface area contributed by atoms with Gasteiger partial charge in [-0.05, 0) is 44.0 Å². The van der Waals surface area contributed by atoms with Gasteiger partial charge in [-0.1, -0.05) is 0 Å². The second kappa shape index (κ2) is 7.21. The van der Waals surface area contributed by atoms with E-state index in [0.29, 0.717) is 25.3 Å². The van der Waals surface area contributed by atoms with Crippen molar-refractivity contribution in [3.8, 4) is 0 Å². The van der Waals surface area contributed by atoms with Crippen LogP contribution in [0, 0.1) is 0 Å². The zero-order chi connectivity index (χ0) is 16.2. The van der Waals surface area contributed by atoms with Gasteiger partial charge in [-0.25, -0.2) is 8.42 Å². The van der Waals surface area contributed by atoms with Gasteiger partial charge in [0.1, 0.15) is 0 Å². The molecule has 0 aliphatic carbocycles. The molecule has 0 radical (unpaired) electrons. The Morgan fingerprint density at radius 3 is 2.41 bits per heavy atom. The Bertz CT molecular complexity index is 607. The maximum absolute atomic E-state index is 12.4. The van der Waals surface area contributed by atoms with E-state index in [0.717, 1.165) is 12.8 Å². The zero-order valence-electron chi connectivity index (χ0n) is 12.9. The largest absolute Gasteiger partial charge is 0.383 e. The molecule has 6 nitrogen and oxygen atoms in total. The van der Waals surface area contributed by atoms with Crippen molar-refractivity contribution in [1.29, 1.82) is 0 Å². The first kappa shape index (κ1) is 16.9. The maximum Gasteiger partial charge on any atom is 0.251 e. The molecule has 1 saturated heterocycles. The molecular weight excluding hydrogens is 304 g/mol. The number of benzene rings is 1. The average Bonchev–Trinajstić information content (AvgIpc) is 3.02. The van der Waals surface area contributed by atoms with E-state index in [4.69, 9.17) is 4.74 Å². The molecule has 1 heterocycles. The van der Waals surface area contributed by atoms with Gasteiger partial charge < -0.3 is 10.1 Å². The van der Waals surface area contributed by atoms with E-state index in [2.05, 4.69) is 5.32 Å². The van der Waals surface area contributed by atoms with E-state index in [1.165, 1.54) is 28.6 Å². The molecule has 0 bridgehead atoms. The van der Waals surface area contributed by atoms with Gasteiger partial charge in [-0.2, -0.15) is 4.31 Å². The molecule has 1 fully saturated rings. The summed E-state index contributed by atoms with van der Waals surface area (Å²) >= 11 is 0. The fraction of sp³-hybridized carbons (Fsp3) is 0.533. The first-order chi connectivity index (χ1) is 10.4. The molecule has 0 saturated carbocycles. The van der Waals surface area contributed by atoms with Crippen molar-refractivity contribution in [2.45, 2.75) is 30.7 Å². The van der Waals surface area contributed by atoms with Crippen molar-refractivity contribution >= 4 is 15.9 Å². The third kappa shape index (κ3) is 3.85. The van der Waals surface area contributed by atoms with Gasteiger partial charge in [0.15, 0.2) is 0 Å². The Morgan fingerprint density at radius 1 is 1.27 bits per heavy atom. The van der Waals surface area contributed by atoms with E-state index < -0.39 is 10.0 Å². The van der Waals surface area contributed by atoms with Gasteiger partial charge in [0.25, 0.3) is 5.91 Å². The topological polar surface area (TPSA) is 75.7 Å². The number of carbonyl (C=O) groups excluding carboxylic acids is 1. The number of carbonyl (C=O) groups is 1. The maximum atomic E-state index is 12.4. The normalized spacial score (nSPS) is 17.4. The number of nitrogens with one attached hydrogen (secondary N) is 1. The van der Waals surface area contributed by atoms with Crippen molar-refractivity contribution in [3.05, 3.63) is 29.8 Å². The fourth-order valence-corrected chi connectivity index (χ4v) is 3.97. The van der Waals surface area contributed by atoms with Crippen LogP contribution in [0.25, 0.3) is 0 Å². The minimum atomic E-state index is -3.43. The second-order valence-corrected chi connectivity index (χ2v) is 7.40. The lowest BCUT2D eigenvalue weighted by Crippen LogP contribution is -2.35. The number of hydrogen-bond acceptors (Lipinski definition) is 4. The summed E-state index contributed by atoms with van der Waals surface area (Å²) in [5, 5.41) is 2.79. The van der Waals surface area contributed by atoms with Crippen LogP contribution in [0.3, 0.4) is 0 Å². The van der Waals surface area contributed by atoms with Crippen molar-refractivity contribution in [3.63, 3.8) is 0 Å². The second-order valence-electron chi connectivity index (χ2n) is 5.47. The molecule has 1 aromatic carbocycles. The number of sulfonamides is 1. The third-order valence-electron chi connectivity index (χ3n) is 3.61. The number of amides is 1. The van der Waals surface area contributed by atoms with E-state index in [1.54, 1.807) is 7.11 Å². The standard InChI is InChI=1S/C15H22N2O4S/c1-12(11-21-2)16-15(18)13-5-7-14(8-6-13)22(19,20)17-9-3-4-10-17/h5-8,12H,3-4,9-11H2,1-2H3,(H,16,18). The van der Waals surface area contributed by atoms with Crippen LogP contribution < -0.4 is 5.32 Å². The SMILES string of the molecule is COCC(C)NC(=O)c1ccc(S(=O)(=O)N2CCCC2)cc1. The lowest BCUT2D eigenvalue weighted by atomic mass is 10.2. The molecular formula is C15H22N2O4S. The summed E-state index contributed by atoms with van der Waals surface area (Å²) in [6, 6.07) is 5.95. The van der Waals surface area contributed by atoms with Crippen LogP contribution in [0.4, 0.5) is 0 Å². The van der Waals surface area contributed by atoms with E-state index >= 15 is 0 Å². The van der Waals surface area contributed by atoms with E-state index in [-0.39, 0.29) is 16.8 Å². The number of ether oxygens (including phenoxy) is 1. The Hall–Kier alpha value is -1.44. The van der Waals surface area contributed by atoms with E-state index in [1.807, 2.05) is 6.92 Å². The first-order valence-corrected chi connectivity index (χ1v) is 8.79. The summed E-state index contributed by atoms with van der Waals surface area (Å²) < 4.78 is 31.2. The first-order valence-electron chi connectivity index (χ1n) is 7.35. The van der Waals surface area contributed by atoms with Crippen LogP contribution in [-0.4, -0.2) is 51.5 Å². The molecule has 122 valence electrons.